The molecule has 0 aliphatic carbocycles. The summed E-state index contributed by atoms with van der Waals surface area (Å²) in [4.78, 5) is 33.0. The number of carboxylic acids is 1. The molecule has 2 amide bonds. The Morgan fingerprint density at radius 1 is 1.62 bits per heavy atom. The highest BCUT2D eigenvalue weighted by Gasteiger charge is 2.24. The van der Waals surface area contributed by atoms with Crippen LogP contribution in [0, 0.1) is 11.8 Å². The van der Waals surface area contributed by atoms with Gasteiger partial charge in [-0.3, -0.25) is 14.4 Å². The number of carboxylic acid groups (broad SMARTS) is 1. The van der Waals surface area contributed by atoms with Crippen molar-refractivity contribution >= 4 is 17.8 Å². The Bertz CT molecular complexity index is 293. The fourth-order valence-electron chi connectivity index (χ4n) is 1.44. The Balaban J connectivity index is 2.30. The van der Waals surface area contributed by atoms with Gasteiger partial charge in [0.1, 0.15) is 0 Å². The van der Waals surface area contributed by atoms with E-state index in [0.29, 0.717) is 19.4 Å². The molecule has 1 saturated heterocycles. The van der Waals surface area contributed by atoms with E-state index < -0.39 is 11.9 Å². The Morgan fingerprint density at radius 3 is 2.81 bits per heavy atom. The average molecular weight is 228 g/mol. The molecular weight excluding hydrogens is 212 g/mol. The van der Waals surface area contributed by atoms with Crippen LogP contribution in [0.25, 0.3) is 0 Å². The summed E-state index contributed by atoms with van der Waals surface area (Å²) in [6, 6.07) is 0. The summed E-state index contributed by atoms with van der Waals surface area (Å²) in [6.45, 7) is 2.00. The second-order valence-corrected chi connectivity index (χ2v) is 4.02. The van der Waals surface area contributed by atoms with E-state index in [1.54, 1.807) is 0 Å². The molecule has 16 heavy (non-hydrogen) atoms. The molecule has 2 atom stereocenters. The van der Waals surface area contributed by atoms with Gasteiger partial charge in [0.2, 0.25) is 11.8 Å². The van der Waals surface area contributed by atoms with Crippen molar-refractivity contribution in [3.63, 3.8) is 0 Å². The normalized spacial score (nSPS) is 22.1. The summed E-state index contributed by atoms with van der Waals surface area (Å²) in [5.74, 6) is -1.99. The molecule has 0 aromatic rings. The molecular formula is C10H16N2O4. The molecule has 90 valence electrons. The number of carbonyl (C=O) groups is 3. The Hall–Kier alpha value is -1.59. The molecule has 3 N–H and O–H groups in total. The predicted octanol–water partition coefficient (Wildman–Crippen LogP) is -0.650. The lowest BCUT2D eigenvalue weighted by atomic mass is 9.98. The van der Waals surface area contributed by atoms with Crippen LogP contribution in [0.1, 0.15) is 19.8 Å². The van der Waals surface area contributed by atoms with Crippen molar-refractivity contribution in [2.24, 2.45) is 11.8 Å². The summed E-state index contributed by atoms with van der Waals surface area (Å²) < 4.78 is 0. The monoisotopic (exact) mass is 228 g/mol. The third kappa shape index (κ3) is 3.52. The molecule has 6 nitrogen and oxygen atoms in total. The van der Waals surface area contributed by atoms with Crippen LogP contribution in [-0.4, -0.2) is 36.0 Å². The van der Waals surface area contributed by atoms with Crippen LogP contribution in [0.2, 0.25) is 0 Å². The fraction of sp³-hybridized carbons (Fsp3) is 0.700. The van der Waals surface area contributed by atoms with Crippen LogP contribution in [0.3, 0.4) is 0 Å². The quantitative estimate of drug-likeness (QED) is 0.595. The molecule has 1 rings (SSSR count). The first-order valence-corrected chi connectivity index (χ1v) is 5.28. The fourth-order valence-corrected chi connectivity index (χ4v) is 1.44. The SMILES string of the molecule is CC(CNC(=O)C1CCC(=O)NC1)C(=O)O. The van der Waals surface area contributed by atoms with E-state index >= 15 is 0 Å². The van der Waals surface area contributed by atoms with E-state index in [9.17, 15) is 14.4 Å². The lowest BCUT2D eigenvalue weighted by molar-refractivity contribution is -0.141. The second kappa shape index (κ2) is 5.48. The van der Waals surface area contributed by atoms with Gasteiger partial charge >= 0.3 is 5.97 Å². The van der Waals surface area contributed by atoms with E-state index in [1.165, 1.54) is 6.92 Å². The number of hydrogen-bond donors (Lipinski definition) is 3. The van der Waals surface area contributed by atoms with Gasteiger partial charge in [0, 0.05) is 19.5 Å². The van der Waals surface area contributed by atoms with Crippen LogP contribution in [0.5, 0.6) is 0 Å². The molecule has 0 bridgehead atoms. The highest BCUT2D eigenvalue weighted by Crippen LogP contribution is 2.10. The largest absolute Gasteiger partial charge is 0.481 e. The molecule has 0 aromatic heterocycles. The van der Waals surface area contributed by atoms with E-state index in [0.717, 1.165) is 0 Å². The molecule has 0 saturated carbocycles. The van der Waals surface area contributed by atoms with E-state index in [2.05, 4.69) is 10.6 Å². The third-order valence-electron chi connectivity index (χ3n) is 2.64. The van der Waals surface area contributed by atoms with E-state index in [4.69, 9.17) is 5.11 Å². The number of piperidine rings is 1. The molecule has 1 fully saturated rings. The van der Waals surface area contributed by atoms with E-state index in [-0.39, 0.29) is 24.3 Å². The van der Waals surface area contributed by atoms with Crippen LogP contribution in [0.4, 0.5) is 0 Å². The number of aliphatic carboxylic acids is 1. The van der Waals surface area contributed by atoms with Gasteiger partial charge in [0.15, 0.2) is 0 Å². The number of nitrogens with one attached hydrogen (secondary N) is 2. The Morgan fingerprint density at radius 2 is 2.31 bits per heavy atom. The van der Waals surface area contributed by atoms with Crippen LogP contribution in [0.15, 0.2) is 0 Å². The smallest absolute Gasteiger partial charge is 0.308 e. The molecule has 2 unspecified atom stereocenters. The van der Waals surface area contributed by atoms with Gasteiger partial charge < -0.3 is 15.7 Å². The molecule has 0 radical (unpaired) electrons. The van der Waals surface area contributed by atoms with E-state index in [1.807, 2.05) is 0 Å². The van der Waals surface area contributed by atoms with Crippen molar-refractivity contribution < 1.29 is 19.5 Å². The molecule has 0 spiro atoms. The van der Waals surface area contributed by atoms with Crippen molar-refractivity contribution in [3.05, 3.63) is 0 Å². The van der Waals surface area contributed by atoms with Gasteiger partial charge in [-0.1, -0.05) is 6.92 Å². The first-order chi connectivity index (χ1) is 7.50. The van der Waals surface area contributed by atoms with Gasteiger partial charge in [-0.25, -0.2) is 0 Å². The number of hydrogen-bond acceptors (Lipinski definition) is 3. The minimum absolute atomic E-state index is 0.0389. The lowest BCUT2D eigenvalue weighted by Gasteiger charge is -2.22. The van der Waals surface area contributed by atoms with Gasteiger partial charge in [-0.2, -0.15) is 0 Å². The number of rotatable bonds is 4. The van der Waals surface area contributed by atoms with Crippen molar-refractivity contribution in [3.8, 4) is 0 Å². The highest BCUT2D eigenvalue weighted by atomic mass is 16.4. The number of amides is 2. The maximum atomic E-state index is 11.6. The van der Waals surface area contributed by atoms with Gasteiger partial charge in [0.25, 0.3) is 0 Å². The van der Waals surface area contributed by atoms with Crippen molar-refractivity contribution in [2.45, 2.75) is 19.8 Å². The summed E-state index contributed by atoms with van der Waals surface area (Å²) >= 11 is 0. The Kier molecular flexibility index (Phi) is 4.28. The standard InChI is InChI=1S/C10H16N2O4/c1-6(10(15)16)4-12-9(14)7-2-3-8(13)11-5-7/h6-7H,2-5H2,1H3,(H,11,13)(H,12,14)(H,15,16). The van der Waals surface area contributed by atoms with Crippen molar-refractivity contribution in [1.29, 1.82) is 0 Å². The first-order valence-electron chi connectivity index (χ1n) is 5.28. The van der Waals surface area contributed by atoms with Crippen LogP contribution < -0.4 is 10.6 Å². The highest BCUT2D eigenvalue weighted by molar-refractivity contribution is 5.84. The topological polar surface area (TPSA) is 95.5 Å². The third-order valence-corrected chi connectivity index (χ3v) is 2.64. The van der Waals surface area contributed by atoms with Crippen molar-refractivity contribution in [1.82, 2.24) is 10.6 Å². The van der Waals surface area contributed by atoms with Crippen LogP contribution >= 0.6 is 0 Å². The van der Waals surface area contributed by atoms with Gasteiger partial charge in [-0.05, 0) is 6.42 Å². The predicted molar refractivity (Wildman–Crippen MR) is 55.5 cm³/mol. The minimum Gasteiger partial charge on any atom is -0.481 e. The zero-order valence-electron chi connectivity index (χ0n) is 9.16. The maximum absolute atomic E-state index is 11.6. The summed E-state index contributed by atoms with van der Waals surface area (Å²) in [5, 5.41) is 13.8. The zero-order valence-corrected chi connectivity index (χ0v) is 9.16. The Labute approximate surface area is 93.4 Å². The van der Waals surface area contributed by atoms with Crippen molar-refractivity contribution in [2.75, 3.05) is 13.1 Å². The molecule has 1 aliphatic rings. The van der Waals surface area contributed by atoms with Gasteiger partial charge in [0.05, 0.1) is 11.8 Å². The summed E-state index contributed by atoms with van der Waals surface area (Å²) in [7, 11) is 0. The molecule has 6 heteroatoms. The average Bonchev–Trinajstić information content (AvgIpc) is 2.26. The molecule has 1 heterocycles. The maximum Gasteiger partial charge on any atom is 0.308 e. The second-order valence-electron chi connectivity index (χ2n) is 4.02. The first kappa shape index (κ1) is 12.5. The zero-order chi connectivity index (χ0) is 12.1. The number of carbonyl (C=O) groups excluding carboxylic acids is 2. The summed E-state index contributed by atoms with van der Waals surface area (Å²) in [5.41, 5.74) is 0. The molecule has 0 aromatic carbocycles. The summed E-state index contributed by atoms with van der Waals surface area (Å²) in [6.07, 6.45) is 0.881. The van der Waals surface area contributed by atoms with Crippen LogP contribution in [-0.2, 0) is 14.4 Å². The minimum atomic E-state index is -0.933. The lowest BCUT2D eigenvalue weighted by Crippen LogP contribution is -2.44. The van der Waals surface area contributed by atoms with Gasteiger partial charge in [-0.15, -0.1) is 0 Å². The molecule has 1 aliphatic heterocycles.